The summed E-state index contributed by atoms with van der Waals surface area (Å²) in [6.45, 7) is 4.32. The zero-order valence-electron chi connectivity index (χ0n) is 11.7. The van der Waals surface area contributed by atoms with E-state index in [2.05, 4.69) is 29.1 Å². The van der Waals surface area contributed by atoms with Crippen LogP contribution < -0.4 is 5.32 Å². The Labute approximate surface area is 129 Å². The van der Waals surface area contributed by atoms with Gasteiger partial charge in [0, 0.05) is 29.4 Å². The van der Waals surface area contributed by atoms with Gasteiger partial charge in [-0.3, -0.25) is 0 Å². The van der Waals surface area contributed by atoms with Crippen LogP contribution in [0.4, 0.5) is 5.82 Å². The highest BCUT2D eigenvalue weighted by molar-refractivity contribution is 6.35. The zero-order chi connectivity index (χ0) is 14.7. The minimum Gasteiger partial charge on any atom is -0.373 e. The normalized spacial score (nSPS) is 10.9. The summed E-state index contributed by atoms with van der Waals surface area (Å²) in [6, 6.07) is 7.26. The second kappa shape index (κ2) is 6.42. The second-order valence-corrected chi connectivity index (χ2v) is 5.88. The van der Waals surface area contributed by atoms with E-state index < -0.39 is 0 Å². The lowest BCUT2D eigenvalue weighted by Crippen LogP contribution is -2.04. The topological polar surface area (TPSA) is 37.8 Å². The molecular weight excluding hydrogens is 293 g/mol. The first-order chi connectivity index (χ1) is 9.49. The van der Waals surface area contributed by atoms with Gasteiger partial charge >= 0.3 is 0 Å². The number of aromatic nitrogens is 2. The highest BCUT2D eigenvalue weighted by atomic mass is 35.5. The number of hydrogen-bond acceptors (Lipinski definition) is 3. The van der Waals surface area contributed by atoms with Gasteiger partial charge in [0.25, 0.3) is 0 Å². The fraction of sp³-hybridized carbons (Fsp3) is 0.333. The molecule has 20 heavy (non-hydrogen) atoms. The maximum Gasteiger partial charge on any atom is 0.163 e. The van der Waals surface area contributed by atoms with Gasteiger partial charge in [-0.15, -0.1) is 0 Å². The molecular formula is C15H17Cl2N3. The number of anilines is 1. The van der Waals surface area contributed by atoms with Crippen LogP contribution in [-0.2, 0) is 6.42 Å². The highest BCUT2D eigenvalue weighted by Crippen LogP contribution is 2.29. The van der Waals surface area contributed by atoms with Gasteiger partial charge in [-0.2, -0.15) is 0 Å². The van der Waals surface area contributed by atoms with Crippen molar-refractivity contribution in [1.82, 2.24) is 9.97 Å². The molecule has 106 valence electrons. The molecule has 0 atom stereocenters. The Balaban J connectivity index is 2.52. The van der Waals surface area contributed by atoms with Crippen molar-refractivity contribution in [1.29, 1.82) is 0 Å². The van der Waals surface area contributed by atoms with E-state index in [1.165, 1.54) is 0 Å². The van der Waals surface area contributed by atoms with E-state index in [0.717, 1.165) is 23.5 Å². The summed E-state index contributed by atoms with van der Waals surface area (Å²) in [7, 11) is 1.84. The van der Waals surface area contributed by atoms with Crippen molar-refractivity contribution in [2.75, 3.05) is 12.4 Å². The first-order valence-electron chi connectivity index (χ1n) is 6.50. The SMILES string of the molecule is CNc1cc(CC(C)C)nc(-c2cc(Cl)ccc2Cl)n1. The van der Waals surface area contributed by atoms with E-state index in [9.17, 15) is 0 Å². The van der Waals surface area contributed by atoms with E-state index >= 15 is 0 Å². The predicted octanol–water partition coefficient (Wildman–Crippen LogP) is 4.69. The highest BCUT2D eigenvalue weighted by Gasteiger charge is 2.11. The largest absolute Gasteiger partial charge is 0.373 e. The third-order valence-corrected chi connectivity index (χ3v) is 3.39. The predicted molar refractivity (Wildman–Crippen MR) is 85.6 cm³/mol. The molecule has 1 aromatic carbocycles. The Hall–Kier alpha value is -1.32. The van der Waals surface area contributed by atoms with Crippen LogP contribution in [0.2, 0.25) is 10.0 Å². The molecule has 1 N–H and O–H groups in total. The van der Waals surface area contributed by atoms with Crippen molar-refractivity contribution < 1.29 is 0 Å². The van der Waals surface area contributed by atoms with Crippen molar-refractivity contribution in [3.63, 3.8) is 0 Å². The molecule has 0 saturated heterocycles. The first kappa shape index (κ1) is 15.1. The smallest absolute Gasteiger partial charge is 0.163 e. The number of rotatable bonds is 4. The van der Waals surface area contributed by atoms with Gasteiger partial charge in [-0.05, 0) is 30.5 Å². The number of halogens is 2. The molecule has 3 nitrogen and oxygen atoms in total. The van der Waals surface area contributed by atoms with Gasteiger partial charge in [0.15, 0.2) is 5.82 Å². The van der Waals surface area contributed by atoms with E-state index in [1.54, 1.807) is 18.2 Å². The second-order valence-electron chi connectivity index (χ2n) is 5.04. The first-order valence-corrected chi connectivity index (χ1v) is 7.26. The fourth-order valence-corrected chi connectivity index (χ4v) is 2.31. The maximum absolute atomic E-state index is 6.23. The summed E-state index contributed by atoms with van der Waals surface area (Å²) in [5.41, 5.74) is 1.74. The lowest BCUT2D eigenvalue weighted by atomic mass is 10.1. The van der Waals surface area contributed by atoms with Crippen LogP contribution in [0.15, 0.2) is 24.3 Å². The molecule has 2 rings (SSSR count). The summed E-state index contributed by atoms with van der Waals surface area (Å²) in [5, 5.41) is 4.27. The van der Waals surface area contributed by atoms with Crippen molar-refractivity contribution in [2.45, 2.75) is 20.3 Å². The van der Waals surface area contributed by atoms with Crippen molar-refractivity contribution in [3.05, 3.63) is 40.0 Å². The summed E-state index contributed by atoms with van der Waals surface area (Å²) < 4.78 is 0. The molecule has 0 unspecified atom stereocenters. The van der Waals surface area contributed by atoms with Crippen LogP contribution in [0.1, 0.15) is 19.5 Å². The molecule has 0 fully saturated rings. The molecule has 0 aliphatic rings. The molecule has 0 spiro atoms. The summed E-state index contributed by atoms with van der Waals surface area (Å²) in [4.78, 5) is 9.07. The molecule has 0 radical (unpaired) electrons. The lowest BCUT2D eigenvalue weighted by molar-refractivity contribution is 0.635. The standard InChI is InChI=1S/C15H17Cl2N3/c1-9(2)6-11-8-14(18-3)20-15(19-11)12-7-10(16)4-5-13(12)17/h4-5,7-9H,6H2,1-3H3,(H,18,19,20). The molecule has 0 aliphatic carbocycles. The third-order valence-electron chi connectivity index (χ3n) is 2.82. The number of hydrogen-bond donors (Lipinski definition) is 1. The van der Waals surface area contributed by atoms with Gasteiger partial charge in [0.1, 0.15) is 5.82 Å². The van der Waals surface area contributed by atoms with Crippen LogP contribution in [0, 0.1) is 5.92 Å². The van der Waals surface area contributed by atoms with Crippen LogP contribution in [0.25, 0.3) is 11.4 Å². The monoisotopic (exact) mass is 309 g/mol. The van der Waals surface area contributed by atoms with E-state index in [1.807, 2.05) is 13.1 Å². The van der Waals surface area contributed by atoms with Crippen LogP contribution in [-0.4, -0.2) is 17.0 Å². The zero-order valence-corrected chi connectivity index (χ0v) is 13.3. The van der Waals surface area contributed by atoms with Crippen LogP contribution in [0.3, 0.4) is 0 Å². The van der Waals surface area contributed by atoms with Gasteiger partial charge in [0.05, 0.1) is 5.02 Å². The Kier molecular flexibility index (Phi) is 4.84. The summed E-state index contributed by atoms with van der Waals surface area (Å²) >= 11 is 12.3. The molecule has 1 heterocycles. The molecule has 1 aromatic heterocycles. The van der Waals surface area contributed by atoms with E-state index in [4.69, 9.17) is 23.2 Å². The molecule has 0 amide bonds. The summed E-state index contributed by atoms with van der Waals surface area (Å²) in [5.74, 6) is 1.90. The number of nitrogens with zero attached hydrogens (tertiary/aromatic N) is 2. The van der Waals surface area contributed by atoms with Crippen LogP contribution in [0.5, 0.6) is 0 Å². The molecule has 0 bridgehead atoms. The van der Waals surface area contributed by atoms with E-state index in [0.29, 0.717) is 21.8 Å². The Bertz CT molecular complexity index is 612. The molecule has 5 heteroatoms. The Morgan fingerprint density at radius 3 is 2.55 bits per heavy atom. The third kappa shape index (κ3) is 3.62. The Morgan fingerprint density at radius 2 is 1.90 bits per heavy atom. The maximum atomic E-state index is 6.23. The quantitative estimate of drug-likeness (QED) is 0.890. The van der Waals surface area contributed by atoms with Crippen LogP contribution >= 0.6 is 23.2 Å². The van der Waals surface area contributed by atoms with Gasteiger partial charge in [-0.25, -0.2) is 9.97 Å². The average molecular weight is 310 g/mol. The molecule has 2 aromatic rings. The minimum absolute atomic E-state index is 0.525. The van der Waals surface area contributed by atoms with Gasteiger partial charge in [0.2, 0.25) is 0 Å². The Morgan fingerprint density at radius 1 is 1.15 bits per heavy atom. The molecule has 0 aliphatic heterocycles. The molecule has 0 saturated carbocycles. The van der Waals surface area contributed by atoms with Gasteiger partial charge < -0.3 is 5.32 Å². The van der Waals surface area contributed by atoms with Crippen molar-refractivity contribution in [3.8, 4) is 11.4 Å². The lowest BCUT2D eigenvalue weighted by Gasteiger charge is -2.10. The fourth-order valence-electron chi connectivity index (χ4n) is 1.94. The average Bonchev–Trinajstić information content (AvgIpc) is 2.40. The summed E-state index contributed by atoms with van der Waals surface area (Å²) in [6.07, 6.45) is 0.891. The van der Waals surface area contributed by atoms with Gasteiger partial charge in [-0.1, -0.05) is 37.0 Å². The minimum atomic E-state index is 0.525. The van der Waals surface area contributed by atoms with Crippen molar-refractivity contribution >= 4 is 29.0 Å². The van der Waals surface area contributed by atoms with Crippen molar-refractivity contribution in [2.24, 2.45) is 5.92 Å². The number of benzene rings is 1. The van der Waals surface area contributed by atoms with E-state index in [-0.39, 0.29) is 0 Å². The number of nitrogens with one attached hydrogen (secondary N) is 1.